The highest BCUT2D eigenvalue weighted by Gasteiger charge is 2.69. The van der Waals surface area contributed by atoms with Gasteiger partial charge in [0.25, 0.3) is 0 Å². The number of carbonyl (C=O) groups excluding carboxylic acids is 2. The van der Waals surface area contributed by atoms with Crippen molar-refractivity contribution in [1.82, 2.24) is 4.98 Å². The van der Waals surface area contributed by atoms with E-state index in [1.807, 2.05) is 12.1 Å². The van der Waals surface area contributed by atoms with E-state index in [0.717, 1.165) is 21.9 Å². The Bertz CT molecular complexity index is 1400. The van der Waals surface area contributed by atoms with Crippen molar-refractivity contribution in [3.05, 3.63) is 74.5 Å². The lowest BCUT2D eigenvalue weighted by atomic mass is 9.68. The second-order valence-corrected chi connectivity index (χ2v) is 11.7. The van der Waals surface area contributed by atoms with Gasteiger partial charge in [-0.2, -0.15) is 0 Å². The molecule has 3 fully saturated rings. The summed E-state index contributed by atoms with van der Waals surface area (Å²) in [6.07, 6.45) is 0.806. The maximum atomic E-state index is 13.6. The highest BCUT2D eigenvalue weighted by molar-refractivity contribution is 8.00. The van der Waals surface area contributed by atoms with Gasteiger partial charge in [0.15, 0.2) is 0 Å². The van der Waals surface area contributed by atoms with Crippen molar-refractivity contribution >= 4 is 40.6 Å². The fraction of sp³-hybridized carbons (Fsp3) is 0.320. The van der Waals surface area contributed by atoms with E-state index in [1.54, 1.807) is 23.9 Å². The van der Waals surface area contributed by atoms with Gasteiger partial charge in [0.05, 0.1) is 22.5 Å². The fourth-order valence-corrected chi connectivity index (χ4v) is 9.81. The molecular formula is C25H19FN2O4S2. The number of H-pyrrole nitrogens is 1. The molecule has 0 radical (unpaired) electrons. The molecule has 6 unspecified atom stereocenters. The summed E-state index contributed by atoms with van der Waals surface area (Å²) in [6, 6.07) is 12.6. The first kappa shape index (κ1) is 20.5. The molecule has 2 aliphatic heterocycles. The topological polar surface area (TPSA) is 90.5 Å². The number of hydrogen-bond donors (Lipinski definition) is 2. The SMILES string of the molecule is O=C1C2C3CC(C2C(=O)N1c1ccc(F)cc1)C1C3Sc2[nH]c(=O)sc2[C@@H]1c1ccc(O)cc1. The highest BCUT2D eigenvalue weighted by Crippen LogP contribution is 2.68. The van der Waals surface area contributed by atoms with E-state index in [1.165, 1.54) is 40.5 Å². The molecule has 3 heterocycles. The Labute approximate surface area is 201 Å². The summed E-state index contributed by atoms with van der Waals surface area (Å²) in [5, 5.41) is 10.8. The van der Waals surface area contributed by atoms with Gasteiger partial charge < -0.3 is 10.1 Å². The molecule has 172 valence electrons. The number of anilines is 1. The molecule has 1 aromatic heterocycles. The van der Waals surface area contributed by atoms with E-state index < -0.39 is 11.7 Å². The summed E-state index contributed by atoms with van der Waals surface area (Å²) in [5.41, 5.74) is 1.42. The number of nitrogens with zero attached hydrogens (tertiary/aromatic N) is 1. The van der Waals surface area contributed by atoms with E-state index in [9.17, 15) is 23.9 Å². The Hall–Kier alpha value is -2.91. The number of carbonyl (C=O) groups is 2. The number of nitrogens with one attached hydrogen (secondary N) is 1. The molecule has 3 aromatic rings. The van der Waals surface area contributed by atoms with Gasteiger partial charge in [0.2, 0.25) is 11.8 Å². The van der Waals surface area contributed by atoms with Crippen LogP contribution in [0.4, 0.5) is 10.1 Å². The number of hydrogen-bond acceptors (Lipinski definition) is 6. The summed E-state index contributed by atoms with van der Waals surface area (Å²) in [6.45, 7) is 0. The van der Waals surface area contributed by atoms with Crippen LogP contribution in [0, 0.1) is 35.4 Å². The predicted molar refractivity (Wildman–Crippen MR) is 125 cm³/mol. The van der Waals surface area contributed by atoms with Crippen LogP contribution in [0.15, 0.2) is 58.4 Å². The number of thiazole rings is 1. The number of rotatable bonds is 2. The summed E-state index contributed by atoms with van der Waals surface area (Å²) in [4.78, 5) is 44.5. The lowest BCUT2D eigenvalue weighted by Gasteiger charge is -2.43. The molecule has 9 heteroatoms. The monoisotopic (exact) mass is 494 g/mol. The second kappa shape index (κ2) is 7.05. The predicted octanol–water partition coefficient (Wildman–Crippen LogP) is 3.96. The number of phenolic OH excluding ortho intramolecular Hbond substituents is 1. The molecule has 2 bridgehead atoms. The molecule has 34 heavy (non-hydrogen) atoms. The Balaban J connectivity index is 1.32. The maximum absolute atomic E-state index is 13.6. The van der Waals surface area contributed by atoms with Crippen LogP contribution in [0.2, 0.25) is 0 Å². The number of fused-ring (bicyclic) bond motifs is 9. The van der Waals surface area contributed by atoms with Crippen LogP contribution < -0.4 is 9.77 Å². The lowest BCUT2D eigenvalue weighted by Crippen LogP contribution is -2.42. The van der Waals surface area contributed by atoms with Crippen molar-refractivity contribution in [2.75, 3.05) is 4.90 Å². The molecule has 2 amide bonds. The average Bonchev–Trinajstić information content (AvgIpc) is 3.54. The summed E-state index contributed by atoms with van der Waals surface area (Å²) < 4.78 is 13.5. The molecule has 7 atom stereocenters. The molecule has 2 saturated carbocycles. The molecule has 2 aliphatic carbocycles. The largest absolute Gasteiger partial charge is 0.508 e. The van der Waals surface area contributed by atoms with Crippen molar-refractivity contribution in [1.29, 1.82) is 0 Å². The maximum Gasteiger partial charge on any atom is 0.305 e. The first-order valence-corrected chi connectivity index (χ1v) is 12.9. The molecule has 1 saturated heterocycles. The van der Waals surface area contributed by atoms with Crippen molar-refractivity contribution < 1.29 is 19.1 Å². The first-order valence-electron chi connectivity index (χ1n) is 11.2. The van der Waals surface area contributed by atoms with Crippen molar-refractivity contribution in [2.45, 2.75) is 22.6 Å². The molecular weight excluding hydrogens is 475 g/mol. The first-order chi connectivity index (χ1) is 16.4. The quantitative estimate of drug-likeness (QED) is 0.527. The average molecular weight is 495 g/mol. The minimum absolute atomic E-state index is 0.0125. The van der Waals surface area contributed by atoms with E-state index in [-0.39, 0.29) is 57.3 Å². The number of thioether (sulfide) groups is 1. The Morgan fingerprint density at radius 1 is 0.941 bits per heavy atom. The number of halogens is 1. The van der Waals surface area contributed by atoms with Gasteiger partial charge in [-0.1, -0.05) is 23.5 Å². The van der Waals surface area contributed by atoms with E-state index in [2.05, 4.69) is 4.98 Å². The number of aromatic amines is 1. The second-order valence-electron chi connectivity index (χ2n) is 9.54. The van der Waals surface area contributed by atoms with Crippen molar-refractivity contribution in [2.24, 2.45) is 29.6 Å². The van der Waals surface area contributed by atoms with Gasteiger partial charge in [0.1, 0.15) is 11.6 Å². The third kappa shape index (κ3) is 2.65. The van der Waals surface area contributed by atoms with Gasteiger partial charge in [-0.05, 0) is 66.1 Å². The summed E-state index contributed by atoms with van der Waals surface area (Å²) in [7, 11) is 0. The minimum atomic E-state index is -0.414. The van der Waals surface area contributed by atoms with E-state index in [4.69, 9.17) is 0 Å². The molecule has 2 aromatic carbocycles. The van der Waals surface area contributed by atoms with E-state index in [0.29, 0.717) is 5.69 Å². The molecule has 6 nitrogen and oxygen atoms in total. The van der Waals surface area contributed by atoms with Gasteiger partial charge in [-0.25, -0.2) is 4.39 Å². The van der Waals surface area contributed by atoms with Crippen LogP contribution in [-0.4, -0.2) is 27.2 Å². The smallest absolute Gasteiger partial charge is 0.305 e. The van der Waals surface area contributed by atoms with Crippen molar-refractivity contribution in [3.63, 3.8) is 0 Å². The number of aromatic nitrogens is 1. The summed E-state index contributed by atoms with van der Waals surface area (Å²) in [5.74, 6) is -1.36. The molecule has 2 N–H and O–H groups in total. The Morgan fingerprint density at radius 3 is 2.32 bits per heavy atom. The van der Waals surface area contributed by atoms with Gasteiger partial charge >= 0.3 is 4.87 Å². The molecule has 4 aliphatic rings. The molecule has 7 rings (SSSR count). The number of aromatic hydroxyl groups is 1. The number of amides is 2. The summed E-state index contributed by atoms with van der Waals surface area (Å²) >= 11 is 2.84. The number of phenols is 1. The Kier molecular flexibility index (Phi) is 4.24. The van der Waals surface area contributed by atoms with Crippen LogP contribution in [0.25, 0.3) is 0 Å². The molecule has 0 spiro atoms. The number of benzene rings is 2. The van der Waals surface area contributed by atoms with Gasteiger partial charge in [-0.3, -0.25) is 19.3 Å². The zero-order valence-electron chi connectivity index (χ0n) is 17.7. The minimum Gasteiger partial charge on any atom is -0.508 e. The third-order valence-corrected chi connectivity index (χ3v) is 10.6. The standard InChI is InChI=1S/C25H19FN2O4S2/c26-11-3-5-12(6-4-11)28-23(30)18-14-9-15(19(18)24(28)31)20-17(14)16(10-1-7-13(29)8-2-10)21-22(33-20)27-25(32)34-21/h1-8,14-20,29H,9H2,(H,27,32)/t14?,15?,16-,17?,18?,19?,20?/m1/s1. The van der Waals surface area contributed by atoms with Crippen LogP contribution in [0.3, 0.4) is 0 Å². The third-order valence-electron chi connectivity index (χ3n) is 8.06. The van der Waals surface area contributed by atoms with Crippen molar-refractivity contribution in [3.8, 4) is 5.75 Å². The number of imide groups is 1. The zero-order valence-corrected chi connectivity index (χ0v) is 19.3. The fourth-order valence-electron chi connectivity index (χ4n) is 6.92. The Morgan fingerprint density at radius 2 is 1.62 bits per heavy atom. The van der Waals surface area contributed by atoms with Crippen LogP contribution in [0.1, 0.15) is 22.8 Å². The van der Waals surface area contributed by atoms with Gasteiger partial charge in [-0.15, -0.1) is 11.8 Å². The van der Waals surface area contributed by atoms with Crippen LogP contribution in [0.5, 0.6) is 5.75 Å². The lowest BCUT2D eigenvalue weighted by molar-refractivity contribution is -0.123. The van der Waals surface area contributed by atoms with E-state index >= 15 is 0 Å². The zero-order chi connectivity index (χ0) is 23.3. The van der Waals surface area contributed by atoms with Crippen LogP contribution in [-0.2, 0) is 9.59 Å². The highest BCUT2D eigenvalue weighted by atomic mass is 32.2. The normalized spacial score (nSPS) is 33.2. The van der Waals surface area contributed by atoms with Gasteiger partial charge in [0, 0.05) is 16.0 Å². The van der Waals surface area contributed by atoms with Crippen LogP contribution >= 0.6 is 23.1 Å².